The largest absolute Gasteiger partial charge is 0.481 e. The molecule has 4 aliphatic carbocycles. The topological polar surface area (TPSA) is 97.7 Å². The number of carbonyl (C=O) groups is 4. The number of carboxylic acid groups (broad SMARTS) is 1. The summed E-state index contributed by atoms with van der Waals surface area (Å²) in [6.07, 6.45) is 6.45. The highest BCUT2D eigenvalue weighted by molar-refractivity contribution is 5.87. The predicted molar refractivity (Wildman–Crippen MR) is 113 cm³/mol. The summed E-state index contributed by atoms with van der Waals surface area (Å²) in [5.74, 6) is 0.400. The second-order valence-electron chi connectivity index (χ2n) is 11.2. The zero-order chi connectivity index (χ0) is 22.6. The molecular weight excluding hydrogens is 396 g/mol. The van der Waals surface area contributed by atoms with Gasteiger partial charge in [-0.2, -0.15) is 0 Å². The third-order valence-corrected chi connectivity index (χ3v) is 9.63. The van der Waals surface area contributed by atoms with Crippen LogP contribution >= 0.6 is 0 Å². The first-order valence-corrected chi connectivity index (χ1v) is 12.0. The lowest BCUT2D eigenvalue weighted by Crippen LogP contribution is -2.58. The minimum absolute atomic E-state index is 0.0221. The van der Waals surface area contributed by atoms with E-state index < -0.39 is 11.9 Å². The minimum atomic E-state index is -0.992. The quantitative estimate of drug-likeness (QED) is 0.654. The molecule has 0 heterocycles. The van der Waals surface area contributed by atoms with Crippen LogP contribution in [0.1, 0.15) is 85.0 Å². The van der Waals surface area contributed by atoms with Gasteiger partial charge in [-0.1, -0.05) is 13.8 Å². The van der Waals surface area contributed by atoms with Gasteiger partial charge in [0.25, 0.3) is 0 Å². The maximum Gasteiger partial charge on any atom is 0.306 e. The van der Waals surface area contributed by atoms with Crippen LogP contribution in [0.4, 0.5) is 0 Å². The van der Waals surface area contributed by atoms with E-state index in [-0.39, 0.29) is 47.4 Å². The lowest BCUT2D eigenvalue weighted by atomic mass is 9.44. The summed E-state index contributed by atoms with van der Waals surface area (Å²) in [5.41, 5.74) is -0.246. The molecule has 0 aromatic heterocycles. The van der Waals surface area contributed by atoms with E-state index in [0.29, 0.717) is 30.0 Å². The van der Waals surface area contributed by atoms with Gasteiger partial charge in [-0.15, -0.1) is 0 Å². The van der Waals surface area contributed by atoms with Crippen molar-refractivity contribution in [2.45, 2.75) is 91.1 Å². The molecule has 0 unspecified atom stereocenters. The second-order valence-corrected chi connectivity index (χ2v) is 11.2. The monoisotopic (exact) mass is 432 g/mol. The summed E-state index contributed by atoms with van der Waals surface area (Å²) in [5, 5.41) is 8.76. The molecule has 0 aromatic carbocycles. The number of ketones is 2. The molecule has 6 nitrogen and oxygen atoms in total. The van der Waals surface area contributed by atoms with E-state index in [0.717, 1.165) is 44.9 Å². The molecule has 4 rings (SSSR count). The summed E-state index contributed by atoms with van der Waals surface area (Å²) < 4.78 is 5.60. The third kappa shape index (κ3) is 3.74. The van der Waals surface area contributed by atoms with Crippen LogP contribution in [0.2, 0.25) is 0 Å². The maximum atomic E-state index is 13.6. The van der Waals surface area contributed by atoms with Gasteiger partial charge in [-0.25, -0.2) is 0 Å². The average Bonchev–Trinajstić information content (AvgIpc) is 3.03. The molecule has 4 fully saturated rings. The lowest BCUT2D eigenvalue weighted by Gasteiger charge is -2.59. The smallest absolute Gasteiger partial charge is 0.306 e. The van der Waals surface area contributed by atoms with Crippen LogP contribution in [0.3, 0.4) is 0 Å². The highest BCUT2D eigenvalue weighted by Crippen LogP contribution is 2.66. The van der Waals surface area contributed by atoms with E-state index >= 15 is 0 Å². The van der Waals surface area contributed by atoms with Crippen LogP contribution in [0.25, 0.3) is 0 Å². The molecule has 4 saturated carbocycles. The van der Waals surface area contributed by atoms with E-state index in [1.54, 1.807) is 6.92 Å². The normalized spacial score (nSPS) is 44.0. The zero-order valence-corrected chi connectivity index (χ0v) is 19.0. The Balaban J connectivity index is 1.47. The Bertz CT molecular complexity index is 789. The van der Waals surface area contributed by atoms with E-state index in [9.17, 15) is 19.2 Å². The minimum Gasteiger partial charge on any atom is -0.481 e. The van der Waals surface area contributed by atoms with Crippen molar-refractivity contribution in [1.29, 1.82) is 0 Å². The Hall–Kier alpha value is -1.72. The molecule has 31 heavy (non-hydrogen) atoms. The highest BCUT2D eigenvalue weighted by atomic mass is 16.5. The molecule has 1 N–H and O–H groups in total. The third-order valence-electron chi connectivity index (χ3n) is 9.63. The molecule has 6 heteroatoms. The van der Waals surface area contributed by atoms with E-state index in [4.69, 9.17) is 9.84 Å². The Labute approximate surface area is 184 Å². The Morgan fingerprint density at radius 1 is 1.03 bits per heavy atom. The lowest BCUT2D eigenvalue weighted by molar-refractivity contribution is -0.170. The Kier molecular flexibility index (Phi) is 5.80. The van der Waals surface area contributed by atoms with Crippen LogP contribution in [0.15, 0.2) is 0 Å². The fraction of sp³-hybridized carbons (Fsp3) is 0.840. The summed E-state index contributed by atoms with van der Waals surface area (Å²) in [7, 11) is 0. The van der Waals surface area contributed by atoms with Crippen LogP contribution in [0, 0.1) is 40.4 Å². The van der Waals surface area contributed by atoms with Crippen molar-refractivity contribution >= 4 is 23.5 Å². The number of hydrogen-bond donors (Lipinski definition) is 1. The molecule has 0 aromatic rings. The molecular formula is C25H36O6. The number of carbonyl (C=O) groups excluding carboxylic acids is 3. The van der Waals surface area contributed by atoms with E-state index in [1.165, 1.54) is 0 Å². The first-order valence-electron chi connectivity index (χ1n) is 12.0. The summed E-state index contributed by atoms with van der Waals surface area (Å²) in [4.78, 5) is 48.6. The number of ether oxygens (including phenoxy) is 1. The van der Waals surface area contributed by atoms with Gasteiger partial charge in [0, 0.05) is 18.3 Å². The molecule has 4 aliphatic rings. The molecule has 8 atom stereocenters. The summed E-state index contributed by atoms with van der Waals surface area (Å²) >= 11 is 0. The fourth-order valence-corrected chi connectivity index (χ4v) is 8.26. The first kappa shape index (κ1) is 22.5. The van der Waals surface area contributed by atoms with E-state index in [1.807, 2.05) is 0 Å². The number of rotatable bonds is 5. The van der Waals surface area contributed by atoms with Crippen molar-refractivity contribution in [2.24, 2.45) is 40.4 Å². The van der Waals surface area contributed by atoms with Crippen molar-refractivity contribution in [3.05, 3.63) is 0 Å². The molecule has 0 aliphatic heterocycles. The highest BCUT2D eigenvalue weighted by Gasteiger charge is 2.63. The standard InChI is InChI=1S/C25H36O6/c1-14(26)18-6-7-19-17-5-4-15-12-16(31-22(30)9-8-21(28)29)10-11-24(15,2)23(17)20(27)13-25(18,19)3/h15-19,23H,4-13H2,1-3H3,(H,28,29)/t15-,16+,17+,18-,19+,23-,24+,25-/m1/s1. The van der Waals surface area contributed by atoms with Gasteiger partial charge in [0.1, 0.15) is 17.7 Å². The van der Waals surface area contributed by atoms with Crippen molar-refractivity contribution < 1.29 is 29.0 Å². The van der Waals surface area contributed by atoms with E-state index in [2.05, 4.69) is 13.8 Å². The van der Waals surface area contributed by atoms with Crippen LogP contribution in [-0.4, -0.2) is 34.7 Å². The van der Waals surface area contributed by atoms with Crippen molar-refractivity contribution in [1.82, 2.24) is 0 Å². The van der Waals surface area contributed by atoms with Crippen LogP contribution < -0.4 is 0 Å². The fourth-order valence-electron chi connectivity index (χ4n) is 8.26. The molecule has 172 valence electrons. The molecule has 0 saturated heterocycles. The number of esters is 1. The molecule has 0 bridgehead atoms. The van der Waals surface area contributed by atoms with Gasteiger partial charge in [-0.3, -0.25) is 19.2 Å². The molecule has 0 radical (unpaired) electrons. The number of fused-ring (bicyclic) bond motifs is 5. The first-order chi connectivity index (χ1) is 14.6. The van der Waals surface area contributed by atoms with Gasteiger partial charge < -0.3 is 9.84 Å². The number of aliphatic carboxylic acids is 1. The second kappa shape index (κ2) is 8.00. The SMILES string of the molecule is CC(=O)[C@H]1CC[C@H]2[C@@H]3CC[C@@H]4C[C@@H](OC(=O)CCC(=O)O)CC[C@]4(C)[C@H]3C(=O)C[C@]12C. The van der Waals surface area contributed by atoms with Crippen molar-refractivity contribution in [3.63, 3.8) is 0 Å². The van der Waals surface area contributed by atoms with Crippen LogP contribution in [0.5, 0.6) is 0 Å². The molecule has 0 spiro atoms. The summed E-state index contributed by atoms with van der Waals surface area (Å²) in [6.45, 7) is 6.15. The van der Waals surface area contributed by atoms with Gasteiger partial charge in [-0.05, 0) is 80.5 Å². The average molecular weight is 433 g/mol. The van der Waals surface area contributed by atoms with Crippen molar-refractivity contribution in [3.8, 4) is 0 Å². The number of Topliss-reactive ketones (excluding diaryl/α,β-unsaturated/α-hetero) is 2. The van der Waals surface area contributed by atoms with Gasteiger partial charge in [0.2, 0.25) is 0 Å². The van der Waals surface area contributed by atoms with Gasteiger partial charge in [0.15, 0.2) is 0 Å². The summed E-state index contributed by atoms with van der Waals surface area (Å²) in [6, 6.07) is 0. The maximum absolute atomic E-state index is 13.6. The number of hydrogen-bond acceptors (Lipinski definition) is 5. The zero-order valence-electron chi connectivity index (χ0n) is 19.0. The van der Waals surface area contributed by atoms with Gasteiger partial charge >= 0.3 is 11.9 Å². The number of carboxylic acids is 1. The van der Waals surface area contributed by atoms with Crippen molar-refractivity contribution in [2.75, 3.05) is 0 Å². The Morgan fingerprint density at radius 2 is 1.77 bits per heavy atom. The van der Waals surface area contributed by atoms with Gasteiger partial charge in [0.05, 0.1) is 12.8 Å². The Morgan fingerprint density at radius 3 is 2.45 bits per heavy atom. The predicted octanol–water partition coefficient (Wildman–Crippen LogP) is 4.19. The van der Waals surface area contributed by atoms with Crippen LogP contribution in [-0.2, 0) is 23.9 Å². The molecule has 0 amide bonds.